The maximum Gasteiger partial charge on any atom is 0.0992 e. The van der Waals surface area contributed by atoms with Gasteiger partial charge in [0, 0.05) is 21.7 Å². The van der Waals surface area contributed by atoms with Crippen LogP contribution in [0.25, 0.3) is 0 Å². The predicted molar refractivity (Wildman–Crippen MR) is 65.8 cm³/mol. The molecular weight excluding hydrogens is 274 g/mol. The molecule has 0 saturated heterocycles. The van der Waals surface area contributed by atoms with E-state index < -0.39 is 0 Å². The van der Waals surface area contributed by atoms with Gasteiger partial charge in [-0.1, -0.05) is 22.9 Å². The second-order valence-electron chi connectivity index (χ2n) is 3.39. The summed E-state index contributed by atoms with van der Waals surface area (Å²) >= 11 is 5.02. The van der Waals surface area contributed by atoms with Crippen LogP contribution in [-0.4, -0.2) is 17.5 Å². The molecule has 0 aromatic heterocycles. The number of rotatable bonds is 4. The zero-order valence-electron chi connectivity index (χ0n) is 8.40. The highest BCUT2D eigenvalue weighted by atomic mass is 79.9. The maximum atomic E-state index is 8.89. The quantitative estimate of drug-likeness (QED) is 0.865. The summed E-state index contributed by atoms with van der Waals surface area (Å²) < 4.78 is 0.917. The number of halogens is 1. The van der Waals surface area contributed by atoms with Gasteiger partial charge in [0.05, 0.1) is 11.6 Å². The fourth-order valence-electron chi connectivity index (χ4n) is 1.00. The van der Waals surface area contributed by atoms with Gasteiger partial charge in [-0.25, -0.2) is 0 Å². The zero-order chi connectivity index (χ0) is 11.3. The van der Waals surface area contributed by atoms with Crippen LogP contribution >= 0.6 is 27.7 Å². The minimum atomic E-state index is 0.201. The highest BCUT2D eigenvalue weighted by molar-refractivity contribution is 9.10. The summed E-state index contributed by atoms with van der Waals surface area (Å²) in [5.74, 6) is 1.14. The number of aliphatic hydroxyl groups is 1. The molecule has 1 N–H and O–H groups in total. The maximum absolute atomic E-state index is 8.89. The summed E-state index contributed by atoms with van der Waals surface area (Å²) in [6.45, 7) is 2.20. The van der Waals surface area contributed by atoms with E-state index in [1.165, 1.54) is 0 Å². The van der Waals surface area contributed by atoms with Gasteiger partial charge in [0.25, 0.3) is 0 Å². The van der Waals surface area contributed by atoms with Crippen LogP contribution in [0.3, 0.4) is 0 Å². The van der Waals surface area contributed by atoms with Crippen molar-refractivity contribution in [2.45, 2.75) is 11.8 Å². The third-order valence-corrected chi connectivity index (χ3v) is 3.61. The highest BCUT2D eigenvalue weighted by Gasteiger charge is 2.03. The molecule has 1 atom stereocenters. The molecule has 1 unspecified atom stereocenters. The molecule has 15 heavy (non-hydrogen) atoms. The number of nitrogens with zero attached hydrogens (tertiary/aromatic N) is 1. The van der Waals surface area contributed by atoms with E-state index in [9.17, 15) is 0 Å². The standard InChI is InChI=1S/C11H12BrNOS/c1-8(6-14)7-15-11-3-9(5-13)2-10(12)4-11/h2-4,8,14H,6-7H2,1H3. The monoisotopic (exact) mass is 285 g/mol. The van der Waals surface area contributed by atoms with Crippen molar-refractivity contribution in [2.75, 3.05) is 12.4 Å². The average molecular weight is 286 g/mol. The highest BCUT2D eigenvalue weighted by Crippen LogP contribution is 2.25. The van der Waals surface area contributed by atoms with Crippen molar-refractivity contribution < 1.29 is 5.11 Å². The van der Waals surface area contributed by atoms with Crippen LogP contribution in [0.5, 0.6) is 0 Å². The number of hydrogen-bond donors (Lipinski definition) is 1. The summed E-state index contributed by atoms with van der Waals surface area (Å²) in [6.07, 6.45) is 0. The molecule has 0 aliphatic carbocycles. The van der Waals surface area contributed by atoms with Gasteiger partial charge < -0.3 is 5.11 Å². The summed E-state index contributed by atoms with van der Waals surface area (Å²) in [5, 5.41) is 17.7. The number of hydrogen-bond acceptors (Lipinski definition) is 3. The number of nitriles is 1. The lowest BCUT2D eigenvalue weighted by atomic mass is 10.2. The molecule has 0 saturated carbocycles. The first-order valence-electron chi connectivity index (χ1n) is 4.60. The molecular formula is C11H12BrNOS. The predicted octanol–water partition coefficient (Wildman–Crippen LogP) is 3.04. The van der Waals surface area contributed by atoms with E-state index in [-0.39, 0.29) is 12.5 Å². The van der Waals surface area contributed by atoms with Gasteiger partial charge in [-0.3, -0.25) is 0 Å². The van der Waals surface area contributed by atoms with E-state index in [0.29, 0.717) is 5.56 Å². The zero-order valence-corrected chi connectivity index (χ0v) is 10.8. The first-order valence-corrected chi connectivity index (χ1v) is 6.38. The molecule has 0 spiro atoms. The Kier molecular flexibility index (Phi) is 5.16. The van der Waals surface area contributed by atoms with Crippen LogP contribution in [0.4, 0.5) is 0 Å². The van der Waals surface area contributed by atoms with Crippen LogP contribution in [0, 0.1) is 17.2 Å². The second kappa shape index (κ2) is 6.16. The first-order chi connectivity index (χ1) is 7.15. The van der Waals surface area contributed by atoms with Crippen LogP contribution < -0.4 is 0 Å². The molecule has 0 fully saturated rings. The molecule has 0 bridgehead atoms. The Bertz CT molecular complexity index is 375. The van der Waals surface area contributed by atoms with Crippen LogP contribution in [0.1, 0.15) is 12.5 Å². The average Bonchev–Trinajstić information content (AvgIpc) is 2.25. The Balaban J connectivity index is 2.69. The lowest BCUT2D eigenvalue weighted by Gasteiger charge is -2.07. The van der Waals surface area contributed by atoms with Gasteiger partial charge in [0.1, 0.15) is 0 Å². The summed E-state index contributed by atoms with van der Waals surface area (Å²) in [4.78, 5) is 1.06. The van der Waals surface area contributed by atoms with Gasteiger partial charge in [-0.05, 0) is 24.1 Å². The molecule has 1 aromatic rings. The van der Waals surface area contributed by atoms with Gasteiger partial charge in [-0.2, -0.15) is 5.26 Å². The topological polar surface area (TPSA) is 44.0 Å². The fraction of sp³-hybridized carbons (Fsp3) is 0.364. The lowest BCUT2D eigenvalue weighted by molar-refractivity contribution is 0.250. The SMILES string of the molecule is CC(CO)CSc1cc(Br)cc(C#N)c1. The third-order valence-electron chi connectivity index (χ3n) is 1.85. The van der Waals surface area contributed by atoms with Gasteiger partial charge in [0.15, 0.2) is 0 Å². The van der Waals surface area contributed by atoms with Gasteiger partial charge in [-0.15, -0.1) is 11.8 Å². The van der Waals surface area contributed by atoms with E-state index in [4.69, 9.17) is 10.4 Å². The largest absolute Gasteiger partial charge is 0.396 e. The Hall–Kier alpha value is -0.500. The molecule has 0 radical (unpaired) electrons. The molecule has 4 heteroatoms. The molecule has 0 aliphatic rings. The number of thioether (sulfide) groups is 1. The first kappa shape index (κ1) is 12.6. The molecule has 0 aliphatic heterocycles. The molecule has 80 valence electrons. The van der Waals surface area contributed by atoms with Crippen LogP contribution in [-0.2, 0) is 0 Å². The summed E-state index contributed by atoms with van der Waals surface area (Å²) in [5.41, 5.74) is 0.656. The summed E-state index contributed by atoms with van der Waals surface area (Å²) in [7, 11) is 0. The van der Waals surface area contributed by atoms with Crippen molar-refractivity contribution in [1.29, 1.82) is 5.26 Å². The van der Waals surface area contributed by atoms with Crippen molar-refractivity contribution in [3.8, 4) is 6.07 Å². The number of aliphatic hydroxyl groups excluding tert-OH is 1. The van der Waals surface area contributed by atoms with Crippen molar-refractivity contribution >= 4 is 27.7 Å². The minimum Gasteiger partial charge on any atom is -0.396 e. The molecule has 0 heterocycles. The Labute approximate surface area is 102 Å². The van der Waals surface area contributed by atoms with Crippen LogP contribution in [0.2, 0.25) is 0 Å². The Morgan fingerprint density at radius 3 is 2.87 bits per heavy atom. The van der Waals surface area contributed by atoms with Gasteiger partial charge in [0.2, 0.25) is 0 Å². The third kappa shape index (κ3) is 4.25. The fourth-order valence-corrected chi connectivity index (χ4v) is 2.65. The van der Waals surface area contributed by atoms with Crippen molar-refractivity contribution in [1.82, 2.24) is 0 Å². The molecule has 1 rings (SSSR count). The Morgan fingerprint density at radius 2 is 2.27 bits per heavy atom. The van der Waals surface area contributed by atoms with Crippen LogP contribution in [0.15, 0.2) is 27.6 Å². The van der Waals surface area contributed by atoms with E-state index in [2.05, 4.69) is 22.0 Å². The molecule has 2 nitrogen and oxygen atoms in total. The van der Waals surface area contributed by atoms with Crippen molar-refractivity contribution in [3.05, 3.63) is 28.2 Å². The van der Waals surface area contributed by atoms with Gasteiger partial charge >= 0.3 is 0 Å². The normalized spacial score (nSPS) is 12.1. The second-order valence-corrected chi connectivity index (χ2v) is 5.40. The van der Waals surface area contributed by atoms with E-state index in [1.54, 1.807) is 17.8 Å². The van der Waals surface area contributed by atoms with E-state index in [1.807, 2.05) is 19.1 Å². The van der Waals surface area contributed by atoms with E-state index in [0.717, 1.165) is 15.1 Å². The number of benzene rings is 1. The summed E-state index contributed by atoms with van der Waals surface area (Å²) in [6, 6.07) is 7.75. The lowest BCUT2D eigenvalue weighted by Crippen LogP contribution is -2.03. The smallest absolute Gasteiger partial charge is 0.0992 e. The Morgan fingerprint density at radius 1 is 1.53 bits per heavy atom. The molecule has 0 amide bonds. The minimum absolute atomic E-state index is 0.201. The van der Waals surface area contributed by atoms with Crippen molar-refractivity contribution in [3.63, 3.8) is 0 Å². The van der Waals surface area contributed by atoms with Crippen molar-refractivity contribution in [2.24, 2.45) is 5.92 Å². The van der Waals surface area contributed by atoms with E-state index >= 15 is 0 Å². The molecule has 1 aromatic carbocycles.